The maximum absolute atomic E-state index is 5.54. The van der Waals surface area contributed by atoms with Crippen LogP contribution in [0.25, 0.3) is 0 Å². The number of rotatable bonds is 3. The van der Waals surface area contributed by atoms with Gasteiger partial charge in [0.15, 0.2) is 0 Å². The largest absolute Gasteiger partial charge is 0.389 e. The van der Waals surface area contributed by atoms with Crippen molar-refractivity contribution in [2.75, 3.05) is 19.5 Å². The molecule has 13 heavy (non-hydrogen) atoms. The average Bonchev–Trinajstić information content (AvgIpc) is 2.03. The first-order valence-electron chi connectivity index (χ1n) is 3.79. The van der Waals surface area contributed by atoms with E-state index in [1.54, 1.807) is 23.5 Å². The molecule has 0 bridgehead atoms. The Hall–Kier alpha value is -1.20. The molecular weight excluding hydrogens is 184 g/mol. The number of nitrogens with one attached hydrogen (secondary N) is 1. The van der Waals surface area contributed by atoms with Gasteiger partial charge in [0.05, 0.1) is 11.9 Å². The second-order valence-electron chi connectivity index (χ2n) is 2.79. The van der Waals surface area contributed by atoms with Crippen molar-refractivity contribution >= 4 is 22.9 Å². The molecule has 0 atom stereocenters. The lowest BCUT2D eigenvalue weighted by atomic mass is 10.2. The zero-order valence-electron chi connectivity index (χ0n) is 7.61. The lowest BCUT2D eigenvalue weighted by molar-refractivity contribution is 0.495. The summed E-state index contributed by atoms with van der Waals surface area (Å²) < 4.78 is 0. The number of hydrogen-bond acceptors (Lipinski definition) is 4. The fraction of sp³-hybridized carbons (Fsp3) is 0.250. The van der Waals surface area contributed by atoms with E-state index in [0.717, 1.165) is 11.3 Å². The number of thiocarbonyl (C=S) groups is 1. The van der Waals surface area contributed by atoms with Gasteiger partial charge in [0.1, 0.15) is 4.99 Å². The molecule has 0 fully saturated rings. The van der Waals surface area contributed by atoms with Crippen molar-refractivity contribution in [3.05, 3.63) is 24.0 Å². The van der Waals surface area contributed by atoms with Crippen LogP contribution in [0.5, 0.6) is 0 Å². The zero-order valence-corrected chi connectivity index (χ0v) is 8.43. The quantitative estimate of drug-likeness (QED) is 0.548. The second-order valence-corrected chi connectivity index (χ2v) is 3.23. The van der Waals surface area contributed by atoms with Gasteiger partial charge < -0.3 is 11.2 Å². The van der Waals surface area contributed by atoms with Crippen LogP contribution in [0.3, 0.4) is 0 Å². The van der Waals surface area contributed by atoms with Crippen LogP contribution in [0.4, 0.5) is 5.69 Å². The minimum absolute atomic E-state index is 0.367. The molecule has 1 aromatic rings. The molecule has 0 amide bonds. The smallest absolute Gasteiger partial charge is 0.106 e. The predicted octanol–water partition coefficient (Wildman–Crippen LogP) is 0.604. The van der Waals surface area contributed by atoms with Crippen LogP contribution >= 0.6 is 12.2 Å². The molecule has 3 N–H and O–H groups in total. The van der Waals surface area contributed by atoms with E-state index in [4.69, 9.17) is 18.0 Å². The highest BCUT2D eigenvalue weighted by molar-refractivity contribution is 7.80. The van der Waals surface area contributed by atoms with Gasteiger partial charge in [-0.3, -0.25) is 4.98 Å². The summed E-state index contributed by atoms with van der Waals surface area (Å²) in [6.45, 7) is 0. The number of nitrogens with zero attached hydrogens (tertiary/aromatic N) is 2. The first kappa shape index (κ1) is 9.88. The topological polar surface area (TPSA) is 54.2 Å². The Bertz CT molecular complexity index is 311. The summed E-state index contributed by atoms with van der Waals surface area (Å²) in [5.74, 6) is 0. The first-order valence-corrected chi connectivity index (χ1v) is 4.20. The SMILES string of the molecule is CN(C)Nc1cnccc1C(N)=S. The van der Waals surface area contributed by atoms with E-state index in [2.05, 4.69) is 10.4 Å². The van der Waals surface area contributed by atoms with E-state index in [0.29, 0.717) is 4.99 Å². The van der Waals surface area contributed by atoms with Gasteiger partial charge in [0.2, 0.25) is 0 Å². The van der Waals surface area contributed by atoms with Crippen LogP contribution in [0.2, 0.25) is 0 Å². The van der Waals surface area contributed by atoms with Crippen molar-refractivity contribution in [1.29, 1.82) is 0 Å². The Morgan fingerprint density at radius 2 is 2.31 bits per heavy atom. The Kier molecular flexibility index (Phi) is 3.16. The predicted molar refractivity (Wildman–Crippen MR) is 57.4 cm³/mol. The van der Waals surface area contributed by atoms with Gasteiger partial charge in [-0.15, -0.1) is 0 Å². The molecule has 1 heterocycles. The van der Waals surface area contributed by atoms with Crippen LogP contribution in [0.15, 0.2) is 18.5 Å². The van der Waals surface area contributed by atoms with E-state index >= 15 is 0 Å². The maximum Gasteiger partial charge on any atom is 0.106 e. The Labute approximate surface area is 82.7 Å². The lowest BCUT2D eigenvalue weighted by Crippen LogP contribution is -2.22. The van der Waals surface area contributed by atoms with Crippen LogP contribution in [0.1, 0.15) is 5.56 Å². The average molecular weight is 196 g/mol. The summed E-state index contributed by atoms with van der Waals surface area (Å²) in [6, 6.07) is 1.79. The summed E-state index contributed by atoms with van der Waals surface area (Å²) in [4.78, 5) is 4.34. The van der Waals surface area contributed by atoms with Gasteiger partial charge in [-0.2, -0.15) is 0 Å². The van der Waals surface area contributed by atoms with E-state index in [-0.39, 0.29) is 0 Å². The third-order valence-electron chi connectivity index (χ3n) is 1.43. The van der Waals surface area contributed by atoms with Gasteiger partial charge in [-0.05, 0) is 6.07 Å². The highest BCUT2D eigenvalue weighted by Gasteiger charge is 2.04. The summed E-state index contributed by atoms with van der Waals surface area (Å²) in [6.07, 6.45) is 3.35. The molecule has 1 aromatic heterocycles. The van der Waals surface area contributed by atoms with E-state index in [9.17, 15) is 0 Å². The lowest BCUT2D eigenvalue weighted by Gasteiger charge is -2.15. The van der Waals surface area contributed by atoms with Crippen molar-refractivity contribution in [2.45, 2.75) is 0 Å². The van der Waals surface area contributed by atoms with Gasteiger partial charge in [-0.1, -0.05) is 12.2 Å². The van der Waals surface area contributed by atoms with Gasteiger partial charge in [-0.25, -0.2) is 5.01 Å². The highest BCUT2D eigenvalue weighted by Crippen LogP contribution is 2.12. The zero-order chi connectivity index (χ0) is 9.84. The van der Waals surface area contributed by atoms with Crippen molar-refractivity contribution in [1.82, 2.24) is 9.99 Å². The molecular formula is C8H12N4S. The van der Waals surface area contributed by atoms with Gasteiger partial charge >= 0.3 is 0 Å². The second kappa shape index (κ2) is 4.15. The van der Waals surface area contributed by atoms with Crippen LogP contribution < -0.4 is 11.2 Å². The minimum atomic E-state index is 0.367. The summed E-state index contributed by atoms with van der Waals surface area (Å²) in [7, 11) is 3.77. The van der Waals surface area contributed by atoms with Crippen molar-refractivity contribution < 1.29 is 0 Å². The van der Waals surface area contributed by atoms with Crippen LogP contribution in [0, 0.1) is 0 Å². The molecule has 1 rings (SSSR count). The summed E-state index contributed by atoms with van der Waals surface area (Å²) in [5, 5.41) is 1.80. The minimum Gasteiger partial charge on any atom is -0.389 e. The molecule has 0 saturated carbocycles. The fourth-order valence-corrected chi connectivity index (χ4v) is 1.12. The van der Waals surface area contributed by atoms with Crippen molar-refractivity contribution in [2.24, 2.45) is 5.73 Å². The van der Waals surface area contributed by atoms with Gasteiger partial charge in [0.25, 0.3) is 0 Å². The molecule has 70 valence electrons. The number of pyridine rings is 1. The molecule has 0 aliphatic heterocycles. The monoisotopic (exact) mass is 196 g/mol. The molecule has 4 nitrogen and oxygen atoms in total. The van der Waals surface area contributed by atoms with Crippen molar-refractivity contribution in [3.63, 3.8) is 0 Å². The maximum atomic E-state index is 5.54. The molecule has 0 radical (unpaired) electrons. The van der Waals surface area contributed by atoms with Gasteiger partial charge in [0, 0.05) is 25.9 Å². The number of hydrazine groups is 1. The highest BCUT2D eigenvalue weighted by atomic mass is 32.1. The molecule has 0 aliphatic carbocycles. The molecule has 5 heteroatoms. The van der Waals surface area contributed by atoms with E-state index < -0.39 is 0 Å². The molecule has 0 saturated heterocycles. The van der Waals surface area contributed by atoms with E-state index in [1.807, 2.05) is 14.1 Å². The van der Waals surface area contributed by atoms with Crippen molar-refractivity contribution in [3.8, 4) is 0 Å². The number of aromatic nitrogens is 1. The summed E-state index contributed by atoms with van der Waals surface area (Å²) in [5.41, 5.74) is 10.2. The number of anilines is 1. The number of hydrogen-bond donors (Lipinski definition) is 2. The fourth-order valence-electron chi connectivity index (χ4n) is 0.939. The third kappa shape index (κ3) is 2.64. The van der Waals surface area contributed by atoms with Crippen LogP contribution in [-0.2, 0) is 0 Å². The molecule has 0 aromatic carbocycles. The standard InChI is InChI=1S/C8H12N4S/c1-12(2)11-7-5-10-4-3-6(7)8(9)13/h3-5,11H,1-2H3,(H2,9,13). The van der Waals surface area contributed by atoms with E-state index in [1.165, 1.54) is 0 Å². The normalized spacial score (nSPS) is 10.1. The third-order valence-corrected chi connectivity index (χ3v) is 1.65. The summed E-state index contributed by atoms with van der Waals surface area (Å²) >= 11 is 4.89. The molecule has 0 spiro atoms. The Balaban J connectivity index is 2.98. The number of nitrogens with two attached hydrogens (primary N) is 1. The Morgan fingerprint density at radius 3 is 2.85 bits per heavy atom. The molecule has 0 unspecified atom stereocenters. The first-order chi connectivity index (χ1) is 6.11. The Morgan fingerprint density at radius 1 is 1.62 bits per heavy atom. The molecule has 0 aliphatic rings. The van der Waals surface area contributed by atoms with Crippen LogP contribution in [-0.4, -0.2) is 29.1 Å².